The maximum atomic E-state index is 13.1. The fraction of sp³-hybridized carbons (Fsp3) is 0.348. The van der Waals surface area contributed by atoms with Gasteiger partial charge in [0.1, 0.15) is 5.82 Å². The molecule has 1 aromatic heterocycles. The van der Waals surface area contributed by atoms with E-state index in [1.54, 1.807) is 12.1 Å². The van der Waals surface area contributed by atoms with Crippen molar-refractivity contribution in [2.75, 3.05) is 16.4 Å². The van der Waals surface area contributed by atoms with Crippen molar-refractivity contribution in [2.45, 2.75) is 51.9 Å². The van der Waals surface area contributed by atoms with E-state index < -0.39 is 0 Å². The van der Waals surface area contributed by atoms with Gasteiger partial charge in [0, 0.05) is 17.9 Å². The van der Waals surface area contributed by atoms with Crippen LogP contribution >= 0.6 is 11.8 Å². The van der Waals surface area contributed by atoms with E-state index in [0.717, 1.165) is 41.2 Å². The molecule has 0 bridgehead atoms. The van der Waals surface area contributed by atoms with Crippen molar-refractivity contribution in [3.05, 3.63) is 65.2 Å². The number of para-hydroxylation sites is 1. The zero-order chi connectivity index (χ0) is 22.2. The molecule has 3 rings (SSSR count). The van der Waals surface area contributed by atoms with Crippen LogP contribution in [0.15, 0.2) is 47.6 Å². The van der Waals surface area contributed by atoms with Gasteiger partial charge >= 0.3 is 0 Å². The Hall–Kier alpha value is -2.87. The summed E-state index contributed by atoms with van der Waals surface area (Å²) in [5, 5.41) is 15.5. The largest absolute Gasteiger partial charge is 0.378 e. The third kappa shape index (κ3) is 5.85. The Balaban J connectivity index is 1.62. The van der Waals surface area contributed by atoms with E-state index >= 15 is 0 Å². The number of thioether (sulfide) groups is 1. The highest BCUT2D eigenvalue weighted by atomic mass is 32.2. The summed E-state index contributed by atoms with van der Waals surface area (Å²) in [5.41, 5.74) is 4.02. The topological polar surface area (TPSA) is 71.8 Å². The molecule has 164 valence electrons. The average Bonchev–Trinajstić information content (AvgIpc) is 3.19. The van der Waals surface area contributed by atoms with Crippen LogP contribution in [0.4, 0.5) is 15.8 Å². The van der Waals surface area contributed by atoms with E-state index in [1.807, 2.05) is 17.6 Å². The lowest BCUT2D eigenvalue weighted by Crippen LogP contribution is -2.17. The van der Waals surface area contributed by atoms with Gasteiger partial charge in [-0.2, -0.15) is 0 Å². The Morgan fingerprint density at radius 2 is 1.71 bits per heavy atom. The van der Waals surface area contributed by atoms with Gasteiger partial charge in [-0.05, 0) is 55.2 Å². The summed E-state index contributed by atoms with van der Waals surface area (Å²) in [7, 11) is 0. The predicted octanol–water partition coefficient (Wildman–Crippen LogP) is 4.90. The van der Waals surface area contributed by atoms with E-state index in [9.17, 15) is 9.18 Å². The van der Waals surface area contributed by atoms with Crippen molar-refractivity contribution >= 4 is 29.0 Å². The molecule has 1 heterocycles. The van der Waals surface area contributed by atoms with Crippen LogP contribution in [-0.4, -0.2) is 26.4 Å². The molecule has 0 aliphatic heterocycles. The molecule has 31 heavy (non-hydrogen) atoms. The zero-order valence-electron chi connectivity index (χ0n) is 18.1. The summed E-state index contributed by atoms with van der Waals surface area (Å²) >= 11 is 1.37. The lowest BCUT2D eigenvalue weighted by atomic mass is 10.0. The van der Waals surface area contributed by atoms with Crippen LogP contribution < -0.4 is 10.6 Å². The fourth-order valence-corrected chi connectivity index (χ4v) is 4.15. The van der Waals surface area contributed by atoms with Crippen LogP contribution in [0, 0.1) is 5.82 Å². The maximum absolute atomic E-state index is 13.1. The van der Waals surface area contributed by atoms with Gasteiger partial charge in [-0.1, -0.05) is 43.8 Å². The van der Waals surface area contributed by atoms with E-state index in [4.69, 9.17) is 0 Å². The lowest BCUT2D eigenvalue weighted by molar-refractivity contribution is -0.113. The Morgan fingerprint density at radius 1 is 1.03 bits per heavy atom. The number of aromatic nitrogens is 3. The van der Waals surface area contributed by atoms with E-state index in [-0.39, 0.29) is 17.5 Å². The third-order valence-corrected chi connectivity index (χ3v) is 5.97. The number of carbonyl (C=O) groups is 1. The first-order valence-corrected chi connectivity index (χ1v) is 11.5. The summed E-state index contributed by atoms with van der Waals surface area (Å²) in [6, 6.07) is 12.3. The van der Waals surface area contributed by atoms with Crippen molar-refractivity contribution in [1.29, 1.82) is 0 Å². The number of hydrogen-bond acceptors (Lipinski definition) is 5. The molecule has 2 aromatic carbocycles. The molecular weight excluding hydrogens is 413 g/mol. The number of halogens is 1. The number of nitrogens with one attached hydrogen (secondary N) is 2. The quantitative estimate of drug-likeness (QED) is 0.438. The molecule has 8 heteroatoms. The van der Waals surface area contributed by atoms with Gasteiger partial charge in [-0.25, -0.2) is 4.39 Å². The minimum Gasteiger partial charge on any atom is -0.378 e. The Morgan fingerprint density at radius 3 is 2.32 bits per heavy atom. The SMILES string of the molecule is CCc1cccc(CC)c1NC(=O)CSc1nnc(CNc2ccc(F)cc2)n1CC. The van der Waals surface area contributed by atoms with Crippen LogP contribution in [-0.2, 0) is 30.7 Å². The molecular formula is C23H28FN5OS. The molecule has 3 aromatic rings. The van der Waals surface area contributed by atoms with Gasteiger partial charge in [-0.15, -0.1) is 10.2 Å². The number of amides is 1. The molecule has 0 saturated carbocycles. The van der Waals surface area contributed by atoms with Crippen molar-refractivity contribution in [2.24, 2.45) is 0 Å². The summed E-state index contributed by atoms with van der Waals surface area (Å²) < 4.78 is 15.0. The first-order valence-electron chi connectivity index (χ1n) is 10.5. The van der Waals surface area contributed by atoms with Crippen molar-refractivity contribution < 1.29 is 9.18 Å². The standard InChI is InChI=1S/C23H28FN5OS/c1-4-16-8-7-9-17(5-2)22(16)26-21(30)15-31-23-28-27-20(29(23)6-3)14-25-19-12-10-18(24)11-13-19/h7-13,25H,4-6,14-15H2,1-3H3,(H,26,30). The molecule has 0 aliphatic carbocycles. The summed E-state index contributed by atoms with van der Waals surface area (Å²) in [6.07, 6.45) is 1.73. The lowest BCUT2D eigenvalue weighted by Gasteiger charge is -2.14. The number of rotatable bonds is 10. The number of nitrogens with zero attached hydrogens (tertiary/aromatic N) is 3. The number of carbonyl (C=O) groups excluding carboxylic acids is 1. The molecule has 0 spiro atoms. The first kappa shape index (κ1) is 22.8. The minimum atomic E-state index is -0.271. The predicted molar refractivity (Wildman–Crippen MR) is 124 cm³/mol. The van der Waals surface area contributed by atoms with Crippen molar-refractivity contribution in [1.82, 2.24) is 14.8 Å². The molecule has 0 aliphatic rings. The van der Waals surface area contributed by atoms with E-state index in [0.29, 0.717) is 18.2 Å². The van der Waals surface area contributed by atoms with Gasteiger partial charge < -0.3 is 15.2 Å². The smallest absolute Gasteiger partial charge is 0.234 e. The Bertz CT molecular complexity index is 997. The van der Waals surface area contributed by atoms with Gasteiger partial charge in [0.15, 0.2) is 11.0 Å². The number of benzene rings is 2. The number of hydrogen-bond donors (Lipinski definition) is 2. The Kier molecular flexibility index (Phi) is 8.06. The van der Waals surface area contributed by atoms with Gasteiger partial charge in [0.05, 0.1) is 12.3 Å². The third-order valence-electron chi connectivity index (χ3n) is 5.00. The van der Waals surface area contributed by atoms with Crippen molar-refractivity contribution in [3.63, 3.8) is 0 Å². The second kappa shape index (κ2) is 10.9. The first-order chi connectivity index (χ1) is 15.0. The Labute approximate surface area is 186 Å². The van der Waals surface area contributed by atoms with Crippen LogP contribution in [0.2, 0.25) is 0 Å². The van der Waals surface area contributed by atoms with Crippen molar-refractivity contribution in [3.8, 4) is 0 Å². The van der Waals surface area contributed by atoms with E-state index in [2.05, 4.69) is 46.8 Å². The van der Waals surface area contributed by atoms with Gasteiger partial charge in [-0.3, -0.25) is 4.79 Å². The fourth-order valence-electron chi connectivity index (χ4n) is 3.33. The second-order valence-electron chi connectivity index (χ2n) is 7.00. The van der Waals surface area contributed by atoms with Crippen LogP contribution in [0.3, 0.4) is 0 Å². The van der Waals surface area contributed by atoms with Crippen LogP contribution in [0.1, 0.15) is 37.7 Å². The van der Waals surface area contributed by atoms with Crippen LogP contribution in [0.25, 0.3) is 0 Å². The normalized spacial score (nSPS) is 10.8. The summed E-state index contributed by atoms with van der Waals surface area (Å²) in [5.74, 6) is 0.688. The highest BCUT2D eigenvalue weighted by molar-refractivity contribution is 7.99. The van der Waals surface area contributed by atoms with Gasteiger partial charge in [0.2, 0.25) is 5.91 Å². The molecule has 2 N–H and O–H groups in total. The molecule has 0 saturated heterocycles. The maximum Gasteiger partial charge on any atom is 0.234 e. The molecule has 0 unspecified atom stereocenters. The highest BCUT2D eigenvalue weighted by Crippen LogP contribution is 2.24. The molecule has 0 atom stereocenters. The monoisotopic (exact) mass is 441 g/mol. The van der Waals surface area contributed by atoms with E-state index in [1.165, 1.54) is 23.9 Å². The van der Waals surface area contributed by atoms with Crippen LogP contribution in [0.5, 0.6) is 0 Å². The minimum absolute atomic E-state index is 0.0581. The molecule has 0 radical (unpaired) electrons. The summed E-state index contributed by atoms with van der Waals surface area (Å²) in [4.78, 5) is 12.6. The van der Waals surface area contributed by atoms with Gasteiger partial charge in [0.25, 0.3) is 0 Å². The molecule has 6 nitrogen and oxygen atoms in total. The number of aryl methyl sites for hydroxylation is 2. The second-order valence-corrected chi connectivity index (χ2v) is 7.94. The summed E-state index contributed by atoms with van der Waals surface area (Å²) in [6.45, 7) is 7.34. The average molecular weight is 442 g/mol. The highest BCUT2D eigenvalue weighted by Gasteiger charge is 2.15. The molecule has 0 fully saturated rings. The zero-order valence-corrected chi connectivity index (χ0v) is 18.9. The molecule has 1 amide bonds. The number of anilines is 2.